The third kappa shape index (κ3) is 3.64. The van der Waals surface area contributed by atoms with E-state index >= 15 is 0 Å². The number of carbonyl (C=O) groups excluding carboxylic acids is 1. The molecule has 0 unspecified atom stereocenters. The summed E-state index contributed by atoms with van der Waals surface area (Å²) in [6.45, 7) is 5.94. The molecule has 0 saturated heterocycles. The van der Waals surface area contributed by atoms with E-state index in [1.54, 1.807) is 26.0 Å². The van der Waals surface area contributed by atoms with Crippen LogP contribution in [0.15, 0.2) is 42.5 Å². The summed E-state index contributed by atoms with van der Waals surface area (Å²) in [5, 5.41) is 10.8. The third-order valence-electron chi connectivity index (χ3n) is 4.39. The fraction of sp³-hybridized carbons (Fsp3) is 0.250. The molecule has 26 heavy (non-hydrogen) atoms. The summed E-state index contributed by atoms with van der Waals surface area (Å²) in [5.74, 6) is -0.625. The molecule has 0 saturated carbocycles. The summed E-state index contributed by atoms with van der Waals surface area (Å²) >= 11 is 0. The van der Waals surface area contributed by atoms with Crippen LogP contribution in [0, 0.1) is 19.7 Å². The number of carbonyl (C=O) groups is 1. The van der Waals surface area contributed by atoms with Crippen LogP contribution in [0.3, 0.4) is 0 Å². The lowest BCUT2D eigenvalue weighted by Crippen LogP contribution is -2.24. The molecule has 6 heteroatoms. The number of halogens is 1. The smallest absolute Gasteiger partial charge is 0.274 e. The number of hydrogen-bond donors (Lipinski definition) is 1. The largest absolute Gasteiger partial charge is 0.347 e. The van der Waals surface area contributed by atoms with Crippen molar-refractivity contribution in [2.75, 3.05) is 0 Å². The first-order valence-electron chi connectivity index (χ1n) is 8.54. The standard InChI is InChI=1S/C20H21FN4O/c1-4-15-6-8-16(9-7-15)12-22-20(26)19-14(3)25(24-23-19)17-10-5-13(2)18(21)11-17/h5-11H,4,12H2,1-3H3,(H,22,26). The Labute approximate surface area is 151 Å². The molecule has 3 aromatic rings. The van der Waals surface area contributed by atoms with Crippen LogP contribution >= 0.6 is 0 Å². The van der Waals surface area contributed by atoms with Crippen LogP contribution in [0.4, 0.5) is 4.39 Å². The first-order chi connectivity index (χ1) is 12.5. The molecule has 2 aromatic carbocycles. The zero-order valence-corrected chi connectivity index (χ0v) is 15.1. The number of aromatic nitrogens is 3. The van der Waals surface area contributed by atoms with Crippen LogP contribution in [0.1, 0.15) is 39.8 Å². The Kier molecular flexibility index (Phi) is 5.11. The Hall–Kier alpha value is -3.02. The predicted molar refractivity (Wildman–Crippen MR) is 97.8 cm³/mol. The van der Waals surface area contributed by atoms with Gasteiger partial charge < -0.3 is 5.32 Å². The molecule has 1 N–H and O–H groups in total. The highest BCUT2D eigenvalue weighted by molar-refractivity contribution is 5.93. The topological polar surface area (TPSA) is 59.8 Å². The molecule has 0 spiro atoms. The highest BCUT2D eigenvalue weighted by Gasteiger charge is 2.17. The lowest BCUT2D eigenvalue weighted by Gasteiger charge is -2.07. The normalized spacial score (nSPS) is 10.8. The van der Waals surface area contributed by atoms with Crippen molar-refractivity contribution >= 4 is 5.91 Å². The van der Waals surface area contributed by atoms with Crippen molar-refractivity contribution in [3.63, 3.8) is 0 Å². The second kappa shape index (κ2) is 7.47. The zero-order chi connectivity index (χ0) is 18.7. The summed E-state index contributed by atoms with van der Waals surface area (Å²) in [5.41, 5.74) is 4.15. The first-order valence-corrected chi connectivity index (χ1v) is 8.54. The molecule has 1 amide bonds. The van der Waals surface area contributed by atoms with E-state index in [1.807, 2.05) is 12.1 Å². The van der Waals surface area contributed by atoms with Gasteiger partial charge in [-0.1, -0.05) is 42.5 Å². The van der Waals surface area contributed by atoms with Crippen LogP contribution in [0.2, 0.25) is 0 Å². The third-order valence-corrected chi connectivity index (χ3v) is 4.39. The van der Waals surface area contributed by atoms with E-state index in [0.29, 0.717) is 23.5 Å². The van der Waals surface area contributed by atoms with E-state index < -0.39 is 0 Å². The van der Waals surface area contributed by atoms with E-state index in [9.17, 15) is 9.18 Å². The maximum atomic E-state index is 13.8. The molecule has 5 nitrogen and oxygen atoms in total. The van der Waals surface area contributed by atoms with Gasteiger partial charge in [0, 0.05) is 6.54 Å². The van der Waals surface area contributed by atoms with Gasteiger partial charge in [0.05, 0.1) is 11.4 Å². The lowest BCUT2D eigenvalue weighted by atomic mass is 10.1. The van der Waals surface area contributed by atoms with Gasteiger partial charge in [0.1, 0.15) is 5.82 Å². The van der Waals surface area contributed by atoms with Crippen molar-refractivity contribution < 1.29 is 9.18 Å². The second-order valence-electron chi connectivity index (χ2n) is 6.22. The van der Waals surface area contributed by atoms with Gasteiger partial charge in [-0.2, -0.15) is 0 Å². The van der Waals surface area contributed by atoms with E-state index in [2.05, 4.69) is 34.7 Å². The minimum absolute atomic E-state index is 0.233. The Morgan fingerprint density at radius 3 is 2.46 bits per heavy atom. The molecule has 0 aliphatic carbocycles. The van der Waals surface area contributed by atoms with E-state index in [4.69, 9.17) is 0 Å². The van der Waals surface area contributed by atoms with Crippen LogP contribution < -0.4 is 5.32 Å². The maximum Gasteiger partial charge on any atom is 0.274 e. The van der Waals surface area contributed by atoms with Gasteiger partial charge in [-0.25, -0.2) is 9.07 Å². The van der Waals surface area contributed by atoms with Gasteiger partial charge >= 0.3 is 0 Å². The van der Waals surface area contributed by atoms with Gasteiger partial charge in [-0.05, 0) is 49.1 Å². The monoisotopic (exact) mass is 352 g/mol. The fourth-order valence-corrected chi connectivity index (χ4v) is 2.66. The summed E-state index contributed by atoms with van der Waals surface area (Å²) < 4.78 is 15.2. The van der Waals surface area contributed by atoms with Crippen molar-refractivity contribution in [2.45, 2.75) is 33.7 Å². The number of aryl methyl sites for hydroxylation is 2. The van der Waals surface area contributed by atoms with E-state index in [1.165, 1.54) is 16.3 Å². The summed E-state index contributed by atoms with van der Waals surface area (Å²) in [4.78, 5) is 12.4. The number of nitrogens with one attached hydrogen (secondary N) is 1. The Balaban J connectivity index is 1.73. The van der Waals surface area contributed by atoms with Gasteiger partial charge in [-0.3, -0.25) is 4.79 Å². The first kappa shape index (κ1) is 17.8. The molecule has 1 heterocycles. The minimum atomic E-state index is -0.320. The number of rotatable bonds is 5. The van der Waals surface area contributed by atoms with E-state index in [-0.39, 0.29) is 17.4 Å². The Bertz CT molecular complexity index is 931. The number of hydrogen-bond acceptors (Lipinski definition) is 3. The lowest BCUT2D eigenvalue weighted by molar-refractivity contribution is 0.0945. The highest BCUT2D eigenvalue weighted by Crippen LogP contribution is 2.16. The molecule has 1 aromatic heterocycles. The van der Waals surface area contributed by atoms with Crippen LogP contribution in [-0.2, 0) is 13.0 Å². The molecule has 0 aliphatic rings. The average Bonchev–Trinajstić information content (AvgIpc) is 3.04. The SMILES string of the molecule is CCc1ccc(CNC(=O)c2nnn(-c3ccc(C)c(F)c3)c2C)cc1. The summed E-state index contributed by atoms with van der Waals surface area (Å²) in [6, 6.07) is 12.9. The van der Waals surface area contributed by atoms with Crippen molar-refractivity contribution in [3.8, 4) is 5.69 Å². The highest BCUT2D eigenvalue weighted by atomic mass is 19.1. The van der Waals surface area contributed by atoms with Crippen LogP contribution in [0.25, 0.3) is 5.69 Å². The quantitative estimate of drug-likeness (QED) is 0.764. The van der Waals surface area contributed by atoms with Crippen molar-refractivity contribution in [1.82, 2.24) is 20.3 Å². The van der Waals surface area contributed by atoms with Crippen molar-refractivity contribution in [1.29, 1.82) is 0 Å². The average molecular weight is 352 g/mol. The number of nitrogens with zero attached hydrogens (tertiary/aromatic N) is 3. The van der Waals surface area contributed by atoms with Gasteiger partial charge in [0.15, 0.2) is 5.69 Å². The number of amides is 1. The van der Waals surface area contributed by atoms with Crippen molar-refractivity contribution in [3.05, 3.63) is 76.4 Å². The van der Waals surface area contributed by atoms with Crippen LogP contribution in [-0.4, -0.2) is 20.9 Å². The fourth-order valence-electron chi connectivity index (χ4n) is 2.66. The van der Waals surface area contributed by atoms with Gasteiger partial charge in [-0.15, -0.1) is 5.10 Å². The minimum Gasteiger partial charge on any atom is -0.347 e. The van der Waals surface area contributed by atoms with Crippen LogP contribution in [0.5, 0.6) is 0 Å². The maximum absolute atomic E-state index is 13.8. The molecular weight excluding hydrogens is 331 g/mol. The molecule has 0 aliphatic heterocycles. The molecule has 134 valence electrons. The number of benzene rings is 2. The molecule has 3 rings (SSSR count). The Morgan fingerprint density at radius 1 is 1.12 bits per heavy atom. The van der Waals surface area contributed by atoms with Gasteiger partial charge in [0.25, 0.3) is 5.91 Å². The summed E-state index contributed by atoms with van der Waals surface area (Å²) in [6.07, 6.45) is 0.981. The summed E-state index contributed by atoms with van der Waals surface area (Å²) in [7, 11) is 0. The molecule has 0 bridgehead atoms. The van der Waals surface area contributed by atoms with Crippen molar-refractivity contribution in [2.24, 2.45) is 0 Å². The molecular formula is C20H21FN4O. The molecule has 0 radical (unpaired) electrons. The van der Waals surface area contributed by atoms with E-state index in [0.717, 1.165) is 12.0 Å². The molecule has 0 fully saturated rings. The second-order valence-corrected chi connectivity index (χ2v) is 6.22. The molecule has 0 atom stereocenters. The zero-order valence-electron chi connectivity index (χ0n) is 15.1. The Morgan fingerprint density at radius 2 is 1.81 bits per heavy atom. The van der Waals surface area contributed by atoms with Gasteiger partial charge in [0.2, 0.25) is 0 Å². The predicted octanol–water partition coefficient (Wildman–Crippen LogP) is 3.52.